The molecule has 2 N–H and O–H groups in total. The van der Waals surface area contributed by atoms with Crippen molar-refractivity contribution in [3.05, 3.63) is 11.3 Å². The van der Waals surface area contributed by atoms with Crippen LogP contribution in [0.15, 0.2) is 11.3 Å². The Kier molecular flexibility index (Phi) is 2.92. The lowest BCUT2D eigenvalue weighted by molar-refractivity contribution is -0.290. The Morgan fingerprint density at radius 3 is 2.61 bits per heavy atom. The summed E-state index contributed by atoms with van der Waals surface area (Å²) >= 11 is 0. The Labute approximate surface area is 101 Å². The second-order valence-electron chi connectivity index (χ2n) is 4.25. The van der Waals surface area contributed by atoms with Gasteiger partial charge < -0.3 is 9.84 Å². The normalized spacial score (nSPS) is 27.9. The molecule has 0 aromatic heterocycles. The van der Waals surface area contributed by atoms with Crippen LogP contribution in [0, 0.1) is 0 Å². The standard InChI is InChI=1S/C10H13F3N2O3/c1-18-8(16)15-9(17,10(11,12)13)6-4-2-3-5-7(6)14-15/h14,17H,2-5H2,1H3. The van der Waals surface area contributed by atoms with Gasteiger partial charge in [0.25, 0.3) is 5.72 Å². The number of ether oxygens (including phenoxy) is 1. The van der Waals surface area contributed by atoms with E-state index in [4.69, 9.17) is 0 Å². The highest BCUT2D eigenvalue weighted by Crippen LogP contribution is 2.47. The molecule has 0 saturated heterocycles. The molecule has 18 heavy (non-hydrogen) atoms. The van der Waals surface area contributed by atoms with Crippen LogP contribution in [0.4, 0.5) is 18.0 Å². The summed E-state index contributed by atoms with van der Waals surface area (Å²) in [7, 11) is 0.956. The van der Waals surface area contributed by atoms with Gasteiger partial charge in [-0.3, -0.25) is 5.43 Å². The van der Waals surface area contributed by atoms with Crippen molar-refractivity contribution in [3.8, 4) is 0 Å². The number of rotatable bonds is 0. The van der Waals surface area contributed by atoms with E-state index in [1.54, 1.807) is 0 Å². The lowest BCUT2D eigenvalue weighted by Gasteiger charge is -2.35. The number of hydrogen-bond donors (Lipinski definition) is 2. The summed E-state index contributed by atoms with van der Waals surface area (Å²) in [6.45, 7) is 0. The molecule has 1 heterocycles. The van der Waals surface area contributed by atoms with E-state index in [0.29, 0.717) is 12.8 Å². The summed E-state index contributed by atoms with van der Waals surface area (Å²) in [5, 5.41) is 10.1. The van der Waals surface area contributed by atoms with Gasteiger partial charge in [0.15, 0.2) is 0 Å². The van der Waals surface area contributed by atoms with Gasteiger partial charge in [0.05, 0.1) is 7.11 Å². The molecule has 0 aromatic rings. The van der Waals surface area contributed by atoms with E-state index >= 15 is 0 Å². The van der Waals surface area contributed by atoms with Gasteiger partial charge in [0.1, 0.15) is 0 Å². The van der Waals surface area contributed by atoms with Crippen LogP contribution >= 0.6 is 0 Å². The Bertz CT molecular complexity index is 408. The molecule has 1 amide bonds. The van der Waals surface area contributed by atoms with Crippen LogP contribution in [0.2, 0.25) is 0 Å². The summed E-state index contributed by atoms with van der Waals surface area (Å²) in [6, 6.07) is 0. The molecule has 0 spiro atoms. The molecule has 1 aliphatic carbocycles. The van der Waals surface area contributed by atoms with Gasteiger partial charge in [0.2, 0.25) is 0 Å². The quantitative estimate of drug-likeness (QED) is 0.700. The highest BCUT2D eigenvalue weighted by atomic mass is 19.4. The molecule has 0 fully saturated rings. The number of nitrogens with one attached hydrogen (secondary N) is 1. The number of hydrogen-bond acceptors (Lipinski definition) is 4. The minimum absolute atomic E-state index is 0.103. The number of carbonyl (C=O) groups is 1. The van der Waals surface area contributed by atoms with Gasteiger partial charge >= 0.3 is 12.3 Å². The number of halogens is 3. The van der Waals surface area contributed by atoms with Crippen molar-refractivity contribution in [2.45, 2.75) is 37.6 Å². The number of methoxy groups -OCH3 is 1. The monoisotopic (exact) mass is 266 g/mol. The van der Waals surface area contributed by atoms with Crippen LogP contribution < -0.4 is 5.43 Å². The third-order valence-electron chi connectivity index (χ3n) is 3.21. The van der Waals surface area contributed by atoms with Gasteiger partial charge in [-0.15, -0.1) is 0 Å². The molecule has 2 aliphatic rings. The van der Waals surface area contributed by atoms with E-state index in [0.717, 1.165) is 13.5 Å². The average molecular weight is 266 g/mol. The zero-order valence-electron chi connectivity index (χ0n) is 9.67. The fraction of sp³-hybridized carbons (Fsp3) is 0.700. The number of hydrazine groups is 1. The van der Waals surface area contributed by atoms with Crippen molar-refractivity contribution < 1.29 is 27.8 Å². The van der Waals surface area contributed by atoms with Gasteiger partial charge in [-0.05, 0) is 25.7 Å². The first-order chi connectivity index (χ1) is 8.32. The minimum atomic E-state index is -4.98. The van der Waals surface area contributed by atoms with Crippen LogP contribution in [0.3, 0.4) is 0 Å². The highest BCUT2D eigenvalue weighted by molar-refractivity contribution is 5.70. The lowest BCUT2D eigenvalue weighted by atomic mass is 9.90. The first-order valence-corrected chi connectivity index (χ1v) is 5.48. The Hall–Kier alpha value is -1.44. The second kappa shape index (κ2) is 4.04. The number of nitrogens with zero attached hydrogens (tertiary/aromatic N) is 1. The molecule has 5 nitrogen and oxygen atoms in total. The zero-order chi connectivity index (χ0) is 13.6. The maximum absolute atomic E-state index is 13.1. The summed E-state index contributed by atoms with van der Waals surface area (Å²) in [5.41, 5.74) is -0.933. The second-order valence-corrected chi connectivity index (χ2v) is 4.25. The van der Waals surface area contributed by atoms with E-state index in [1.807, 2.05) is 0 Å². The molecule has 8 heteroatoms. The number of aliphatic hydroxyl groups is 1. The predicted molar refractivity (Wildman–Crippen MR) is 53.9 cm³/mol. The third-order valence-corrected chi connectivity index (χ3v) is 3.21. The molecule has 1 aliphatic heterocycles. The summed E-state index contributed by atoms with van der Waals surface area (Å²) in [5.74, 6) is 0. The van der Waals surface area contributed by atoms with Crippen molar-refractivity contribution >= 4 is 6.09 Å². The van der Waals surface area contributed by atoms with Crippen LogP contribution in [0.5, 0.6) is 0 Å². The summed E-state index contributed by atoms with van der Waals surface area (Å²) in [6.07, 6.45) is -4.51. The van der Waals surface area contributed by atoms with E-state index < -0.39 is 18.0 Å². The summed E-state index contributed by atoms with van der Waals surface area (Å²) in [4.78, 5) is 11.4. The van der Waals surface area contributed by atoms with Crippen molar-refractivity contribution in [3.63, 3.8) is 0 Å². The molecule has 0 radical (unpaired) electrons. The van der Waals surface area contributed by atoms with Crippen molar-refractivity contribution in [2.75, 3.05) is 7.11 Å². The number of alkyl halides is 3. The lowest BCUT2D eigenvalue weighted by Crippen LogP contribution is -2.62. The van der Waals surface area contributed by atoms with Crippen molar-refractivity contribution in [2.24, 2.45) is 0 Å². The Morgan fingerprint density at radius 1 is 1.44 bits per heavy atom. The third kappa shape index (κ3) is 1.63. The molecule has 0 aromatic carbocycles. The molecule has 1 atom stereocenters. The molecule has 1 unspecified atom stereocenters. The average Bonchev–Trinajstić information content (AvgIpc) is 2.63. The topological polar surface area (TPSA) is 61.8 Å². The first-order valence-electron chi connectivity index (χ1n) is 5.48. The molecule has 0 bridgehead atoms. The van der Waals surface area contributed by atoms with Gasteiger partial charge in [-0.1, -0.05) is 0 Å². The van der Waals surface area contributed by atoms with Crippen molar-refractivity contribution in [1.82, 2.24) is 10.4 Å². The van der Waals surface area contributed by atoms with E-state index in [-0.39, 0.29) is 22.7 Å². The zero-order valence-corrected chi connectivity index (χ0v) is 9.67. The van der Waals surface area contributed by atoms with Crippen molar-refractivity contribution in [1.29, 1.82) is 0 Å². The van der Waals surface area contributed by atoms with Gasteiger partial charge in [0, 0.05) is 11.3 Å². The van der Waals surface area contributed by atoms with Crippen LogP contribution in [-0.2, 0) is 4.74 Å². The SMILES string of the molecule is COC(=O)N1NC2=C(CCCC2)C1(O)C(F)(F)F. The fourth-order valence-corrected chi connectivity index (χ4v) is 2.33. The maximum atomic E-state index is 13.1. The molecule has 2 rings (SSSR count). The van der Waals surface area contributed by atoms with Gasteiger partial charge in [-0.2, -0.15) is 18.2 Å². The fourth-order valence-electron chi connectivity index (χ4n) is 2.33. The Balaban J connectivity index is 2.46. The number of amides is 1. The number of allylic oxidation sites excluding steroid dienone is 1. The maximum Gasteiger partial charge on any atom is 0.443 e. The molecule has 0 saturated carbocycles. The smallest absolute Gasteiger partial charge is 0.443 e. The van der Waals surface area contributed by atoms with E-state index in [1.165, 1.54) is 0 Å². The Morgan fingerprint density at radius 2 is 2.06 bits per heavy atom. The highest BCUT2D eigenvalue weighted by Gasteiger charge is 2.66. The number of carbonyl (C=O) groups excluding carboxylic acids is 1. The predicted octanol–water partition coefficient (Wildman–Crippen LogP) is 1.65. The van der Waals surface area contributed by atoms with Gasteiger partial charge in [-0.25, -0.2) is 4.79 Å². The summed E-state index contributed by atoms with van der Waals surface area (Å²) < 4.78 is 43.5. The van der Waals surface area contributed by atoms with Crippen LogP contribution in [0.1, 0.15) is 25.7 Å². The molecule has 102 valence electrons. The van der Waals surface area contributed by atoms with Crippen LogP contribution in [0.25, 0.3) is 0 Å². The minimum Gasteiger partial charge on any atom is -0.451 e. The van der Waals surface area contributed by atoms with E-state index in [9.17, 15) is 23.1 Å². The van der Waals surface area contributed by atoms with Crippen LogP contribution in [-0.4, -0.2) is 35.2 Å². The van der Waals surface area contributed by atoms with E-state index in [2.05, 4.69) is 10.2 Å². The largest absolute Gasteiger partial charge is 0.451 e. The molecular weight excluding hydrogens is 253 g/mol. The first kappa shape index (κ1) is 13.0. The molecular formula is C10H13F3N2O3.